The van der Waals surface area contributed by atoms with Crippen LogP contribution in [0.4, 0.5) is 5.69 Å². The van der Waals surface area contributed by atoms with Gasteiger partial charge in [0.2, 0.25) is 0 Å². The number of anilines is 1. The Kier molecular flexibility index (Phi) is 3.58. The maximum atomic E-state index is 4.07. The maximum Gasteiger partial charge on any atom is 0.0550 e. The molecule has 0 aliphatic heterocycles. The summed E-state index contributed by atoms with van der Waals surface area (Å²) in [4.78, 5) is 6.30. The Hall–Kier alpha value is -1.05. The second-order valence-corrected chi connectivity index (χ2v) is 2.99. The van der Waals surface area contributed by atoms with Gasteiger partial charge in [-0.1, -0.05) is 13.3 Å². The SMILES string of the molecule is CCCCN(C)c1cccnc1. The van der Waals surface area contributed by atoms with Crippen molar-refractivity contribution in [3.8, 4) is 0 Å². The minimum atomic E-state index is 1.11. The van der Waals surface area contributed by atoms with Crippen LogP contribution in [0.3, 0.4) is 0 Å². The molecular weight excluding hydrogens is 148 g/mol. The number of hydrogen-bond acceptors (Lipinski definition) is 2. The van der Waals surface area contributed by atoms with Crippen molar-refractivity contribution in [3.63, 3.8) is 0 Å². The van der Waals surface area contributed by atoms with Gasteiger partial charge >= 0.3 is 0 Å². The zero-order valence-electron chi connectivity index (χ0n) is 7.83. The van der Waals surface area contributed by atoms with Crippen molar-refractivity contribution in [1.29, 1.82) is 0 Å². The summed E-state index contributed by atoms with van der Waals surface area (Å²) in [6.07, 6.45) is 6.18. The molecule has 0 radical (unpaired) electrons. The Bertz CT molecular complexity index is 208. The van der Waals surface area contributed by atoms with E-state index in [2.05, 4.69) is 29.9 Å². The first kappa shape index (κ1) is 9.04. The minimum Gasteiger partial charge on any atom is -0.373 e. The molecule has 12 heavy (non-hydrogen) atoms. The highest BCUT2D eigenvalue weighted by molar-refractivity contribution is 5.42. The fourth-order valence-corrected chi connectivity index (χ4v) is 1.10. The Labute approximate surface area is 74.2 Å². The predicted octanol–water partition coefficient (Wildman–Crippen LogP) is 2.32. The van der Waals surface area contributed by atoms with Crippen molar-refractivity contribution >= 4 is 5.69 Å². The zero-order valence-corrected chi connectivity index (χ0v) is 7.83. The van der Waals surface area contributed by atoms with E-state index in [9.17, 15) is 0 Å². The Morgan fingerprint density at radius 2 is 2.33 bits per heavy atom. The molecule has 1 aromatic rings. The van der Waals surface area contributed by atoms with Gasteiger partial charge in [-0.25, -0.2) is 0 Å². The van der Waals surface area contributed by atoms with Crippen molar-refractivity contribution in [2.45, 2.75) is 19.8 Å². The summed E-state index contributed by atoms with van der Waals surface area (Å²) in [5.41, 5.74) is 1.20. The summed E-state index contributed by atoms with van der Waals surface area (Å²) in [6.45, 7) is 3.32. The van der Waals surface area contributed by atoms with E-state index in [1.54, 1.807) is 6.20 Å². The average Bonchev–Trinajstić information content (AvgIpc) is 2.15. The summed E-state index contributed by atoms with van der Waals surface area (Å²) in [5, 5.41) is 0. The van der Waals surface area contributed by atoms with Gasteiger partial charge < -0.3 is 4.90 Å². The van der Waals surface area contributed by atoms with E-state index in [4.69, 9.17) is 0 Å². The Morgan fingerprint density at radius 3 is 2.92 bits per heavy atom. The van der Waals surface area contributed by atoms with Crippen molar-refractivity contribution < 1.29 is 0 Å². The standard InChI is InChI=1S/C10H16N2/c1-3-4-8-12(2)10-6-5-7-11-9-10/h5-7,9H,3-4,8H2,1-2H3. The highest BCUT2D eigenvalue weighted by Crippen LogP contribution is 2.09. The molecule has 0 spiro atoms. The third-order valence-corrected chi connectivity index (χ3v) is 1.93. The van der Waals surface area contributed by atoms with Crippen molar-refractivity contribution in [2.75, 3.05) is 18.5 Å². The van der Waals surface area contributed by atoms with E-state index in [-0.39, 0.29) is 0 Å². The minimum absolute atomic E-state index is 1.11. The molecule has 0 unspecified atom stereocenters. The first-order chi connectivity index (χ1) is 5.84. The van der Waals surface area contributed by atoms with Crippen LogP contribution in [0.15, 0.2) is 24.5 Å². The fourth-order valence-electron chi connectivity index (χ4n) is 1.10. The van der Waals surface area contributed by atoms with Crippen LogP contribution in [-0.2, 0) is 0 Å². The van der Waals surface area contributed by atoms with E-state index in [1.807, 2.05) is 12.3 Å². The topological polar surface area (TPSA) is 16.1 Å². The number of hydrogen-bond donors (Lipinski definition) is 0. The summed E-state index contributed by atoms with van der Waals surface area (Å²) < 4.78 is 0. The number of unbranched alkanes of at least 4 members (excludes halogenated alkanes) is 1. The monoisotopic (exact) mass is 164 g/mol. The third-order valence-electron chi connectivity index (χ3n) is 1.93. The number of aromatic nitrogens is 1. The van der Waals surface area contributed by atoms with Gasteiger partial charge in [-0.2, -0.15) is 0 Å². The maximum absolute atomic E-state index is 4.07. The van der Waals surface area contributed by atoms with Crippen LogP contribution < -0.4 is 4.90 Å². The lowest BCUT2D eigenvalue weighted by atomic mass is 10.3. The highest BCUT2D eigenvalue weighted by Gasteiger charge is 1.97. The summed E-state index contributed by atoms with van der Waals surface area (Å²) >= 11 is 0. The van der Waals surface area contributed by atoms with E-state index < -0.39 is 0 Å². The van der Waals surface area contributed by atoms with Gasteiger partial charge in [0.15, 0.2) is 0 Å². The molecule has 66 valence electrons. The van der Waals surface area contributed by atoms with Crippen LogP contribution in [0.25, 0.3) is 0 Å². The van der Waals surface area contributed by atoms with Crippen LogP contribution in [0.1, 0.15) is 19.8 Å². The van der Waals surface area contributed by atoms with Crippen LogP contribution in [0.5, 0.6) is 0 Å². The number of pyridine rings is 1. The van der Waals surface area contributed by atoms with Gasteiger partial charge in [0.25, 0.3) is 0 Å². The van der Waals surface area contributed by atoms with E-state index in [0.29, 0.717) is 0 Å². The molecule has 1 rings (SSSR count). The molecule has 1 heterocycles. The molecule has 1 aromatic heterocycles. The molecular formula is C10H16N2. The molecule has 0 amide bonds. The number of nitrogens with zero attached hydrogens (tertiary/aromatic N) is 2. The van der Waals surface area contributed by atoms with E-state index in [1.165, 1.54) is 18.5 Å². The van der Waals surface area contributed by atoms with E-state index in [0.717, 1.165) is 6.54 Å². The van der Waals surface area contributed by atoms with E-state index >= 15 is 0 Å². The molecule has 0 N–H and O–H groups in total. The molecule has 0 atom stereocenters. The molecule has 0 fully saturated rings. The molecule has 0 aliphatic rings. The molecule has 0 saturated heterocycles. The molecule has 0 aromatic carbocycles. The average molecular weight is 164 g/mol. The number of rotatable bonds is 4. The van der Waals surface area contributed by atoms with Gasteiger partial charge in [0.1, 0.15) is 0 Å². The molecule has 0 saturated carbocycles. The largest absolute Gasteiger partial charge is 0.373 e. The summed E-state index contributed by atoms with van der Waals surface area (Å²) in [5.74, 6) is 0. The highest BCUT2D eigenvalue weighted by atomic mass is 15.1. The molecule has 0 aliphatic carbocycles. The zero-order chi connectivity index (χ0) is 8.81. The first-order valence-electron chi connectivity index (χ1n) is 4.45. The van der Waals surface area contributed by atoms with Crippen LogP contribution in [0.2, 0.25) is 0 Å². The van der Waals surface area contributed by atoms with Crippen LogP contribution >= 0.6 is 0 Å². The summed E-state index contributed by atoms with van der Waals surface area (Å²) in [6, 6.07) is 4.06. The smallest absolute Gasteiger partial charge is 0.0550 e. The quantitative estimate of drug-likeness (QED) is 0.679. The van der Waals surface area contributed by atoms with Gasteiger partial charge in [0.05, 0.1) is 11.9 Å². The second kappa shape index (κ2) is 4.75. The fraction of sp³-hybridized carbons (Fsp3) is 0.500. The van der Waals surface area contributed by atoms with Crippen molar-refractivity contribution in [1.82, 2.24) is 4.98 Å². The van der Waals surface area contributed by atoms with Gasteiger partial charge in [-0.05, 0) is 18.6 Å². The normalized spacial score (nSPS) is 9.83. The Morgan fingerprint density at radius 1 is 1.50 bits per heavy atom. The lowest BCUT2D eigenvalue weighted by Gasteiger charge is -2.17. The van der Waals surface area contributed by atoms with Crippen molar-refractivity contribution in [2.24, 2.45) is 0 Å². The Balaban J connectivity index is 2.48. The van der Waals surface area contributed by atoms with Crippen LogP contribution in [0, 0.1) is 0 Å². The molecule has 2 heteroatoms. The van der Waals surface area contributed by atoms with Gasteiger partial charge in [-0.3, -0.25) is 4.98 Å². The van der Waals surface area contributed by atoms with Gasteiger partial charge in [0, 0.05) is 19.8 Å². The summed E-state index contributed by atoms with van der Waals surface area (Å²) in [7, 11) is 2.10. The predicted molar refractivity (Wildman–Crippen MR) is 52.4 cm³/mol. The lowest BCUT2D eigenvalue weighted by molar-refractivity contribution is 0.765. The lowest BCUT2D eigenvalue weighted by Crippen LogP contribution is -2.18. The van der Waals surface area contributed by atoms with Crippen molar-refractivity contribution in [3.05, 3.63) is 24.5 Å². The first-order valence-corrected chi connectivity index (χ1v) is 4.45. The molecule has 2 nitrogen and oxygen atoms in total. The second-order valence-electron chi connectivity index (χ2n) is 2.99. The van der Waals surface area contributed by atoms with Gasteiger partial charge in [-0.15, -0.1) is 0 Å². The third kappa shape index (κ3) is 2.53. The molecule has 0 bridgehead atoms. The van der Waals surface area contributed by atoms with Crippen LogP contribution in [-0.4, -0.2) is 18.6 Å².